The fourth-order valence-corrected chi connectivity index (χ4v) is 1.98. The van der Waals surface area contributed by atoms with Crippen molar-refractivity contribution in [1.82, 2.24) is 5.06 Å². The number of hydroxylamine groups is 2. The molecule has 0 fully saturated rings. The minimum absolute atomic E-state index is 0.294. The van der Waals surface area contributed by atoms with Gasteiger partial charge in [-0.05, 0) is 25.1 Å². The zero-order valence-corrected chi connectivity index (χ0v) is 11.4. The molecule has 0 bridgehead atoms. The lowest BCUT2D eigenvalue weighted by Crippen LogP contribution is -2.25. The van der Waals surface area contributed by atoms with Crippen LogP contribution in [0.25, 0.3) is 11.0 Å². The van der Waals surface area contributed by atoms with Crippen LogP contribution in [0.1, 0.15) is 16.1 Å². The molecule has 2 rings (SSSR count). The van der Waals surface area contributed by atoms with Crippen LogP contribution >= 0.6 is 15.9 Å². The molecule has 4 nitrogen and oxygen atoms in total. The van der Waals surface area contributed by atoms with Crippen molar-refractivity contribution in [3.05, 3.63) is 34.0 Å². The van der Waals surface area contributed by atoms with Gasteiger partial charge in [0.1, 0.15) is 5.58 Å². The molecular formula is C12H12BrNO3. The van der Waals surface area contributed by atoms with Gasteiger partial charge in [-0.25, -0.2) is 5.06 Å². The van der Waals surface area contributed by atoms with Crippen LogP contribution in [0.4, 0.5) is 0 Å². The number of amides is 1. The van der Waals surface area contributed by atoms with E-state index in [1.807, 2.05) is 25.1 Å². The lowest BCUT2D eigenvalue weighted by atomic mass is 10.1. The van der Waals surface area contributed by atoms with E-state index in [1.165, 1.54) is 7.11 Å². The van der Waals surface area contributed by atoms with Crippen molar-refractivity contribution < 1.29 is 14.0 Å². The summed E-state index contributed by atoms with van der Waals surface area (Å²) in [5.74, 6) is 0.0137. The summed E-state index contributed by atoms with van der Waals surface area (Å²) in [5.41, 5.74) is 1.51. The van der Waals surface area contributed by atoms with Crippen LogP contribution < -0.4 is 0 Å². The minimum atomic E-state index is -0.294. The first-order chi connectivity index (χ1) is 8.04. The van der Waals surface area contributed by atoms with Crippen molar-refractivity contribution in [1.29, 1.82) is 0 Å². The molecule has 17 heavy (non-hydrogen) atoms. The molecule has 0 unspecified atom stereocenters. The molecule has 1 heterocycles. The van der Waals surface area contributed by atoms with Crippen molar-refractivity contribution in [2.75, 3.05) is 14.2 Å². The smallest absolute Gasteiger partial charge is 0.313 e. The summed E-state index contributed by atoms with van der Waals surface area (Å²) in [5, 5.41) is 2.06. The molecular weight excluding hydrogens is 286 g/mol. The summed E-state index contributed by atoms with van der Waals surface area (Å²) in [6, 6.07) is 5.63. The van der Waals surface area contributed by atoms with E-state index in [-0.39, 0.29) is 5.91 Å². The molecule has 5 heteroatoms. The number of carbonyl (C=O) groups is 1. The molecule has 0 saturated heterocycles. The number of hydrogen-bond acceptors (Lipinski definition) is 3. The van der Waals surface area contributed by atoms with E-state index in [0.29, 0.717) is 11.3 Å². The Hall–Kier alpha value is -1.33. The number of furan rings is 1. The number of aryl methyl sites for hydroxylation is 1. The van der Waals surface area contributed by atoms with Gasteiger partial charge in [-0.2, -0.15) is 0 Å². The Morgan fingerprint density at radius 3 is 2.82 bits per heavy atom. The van der Waals surface area contributed by atoms with Crippen LogP contribution in [0.5, 0.6) is 0 Å². The van der Waals surface area contributed by atoms with Gasteiger partial charge in [-0.3, -0.25) is 9.63 Å². The first-order valence-electron chi connectivity index (χ1n) is 5.05. The van der Waals surface area contributed by atoms with E-state index >= 15 is 0 Å². The molecule has 0 saturated carbocycles. The monoisotopic (exact) mass is 297 g/mol. The predicted molar refractivity (Wildman–Crippen MR) is 67.8 cm³/mol. The van der Waals surface area contributed by atoms with Crippen molar-refractivity contribution in [3.8, 4) is 0 Å². The highest BCUT2D eigenvalue weighted by molar-refractivity contribution is 9.10. The topological polar surface area (TPSA) is 42.7 Å². The maximum absolute atomic E-state index is 11.9. The normalized spacial score (nSPS) is 10.8. The van der Waals surface area contributed by atoms with Crippen molar-refractivity contribution in [3.63, 3.8) is 0 Å². The number of halogens is 1. The molecule has 0 aliphatic carbocycles. The molecule has 0 radical (unpaired) electrons. The van der Waals surface area contributed by atoms with E-state index in [9.17, 15) is 4.79 Å². The van der Waals surface area contributed by atoms with E-state index in [1.54, 1.807) is 7.05 Å². The van der Waals surface area contributed by atoms with Gasteiger partial charge >= 0.3 is 5.91 Å². The average Bonchev–Trinajstić information content (AvgIpc) is 2.65. The van der Waals surface area contributed by atoms with Crippen LogP contribution in [-0.4, -0.2) is 25.1 Å². The SMILES string of the molecule is CON(C)C(=O)c1oc2ccc(Br)cc2c1C. The van der Waals surface area contributed by atoms with Gasteiger partial charge in [-0.15, -0.1) is 0 Å². The molecule has 0 atom stereocenters. The Morgan fingerprint density at radius 1 is 1.47 bits per heavy atom. The van der Waals surface area contributed by atoms with E-state index in [4.69, 9.17) is 9.25 Å². The number of benzene rings is 1. The molecule has 0 aliphatic heterocycles. The lowest BCUT2D eigenvalue weighted by Gasteiger charge is -2.11. The minimum Gasteiger partial charge on any atom is -0.451 e. The number of rotatable bonds is 2. The second kappa shape index (κ2) is 4.50. The summed E-state index contributed by atoms with van der Waals surface area (Å²) in [6.45, 7) is 1.86. The quantitative estimate of drug-likeness (QED) is 0.800. The zero-order valence-electron chi connectivity index (χ0n) is 9.78. The fraction of sp³-hybridized carbons (Fsp3) is 0.250. The number of fused-ring (bicyclic) bond motifs is 1. The van der Waals surface area contributed by atoms with E-state index < -0.39 is 0 Å². The molecule has 1 amide bonds. The first-order valence-corrected chi connectivity index (χ1v) is 5.84. The van der Waals surface area contributed by atoms with Gasteiger partial charge in [-0.1, -0.05) is 15.9 Å². The highest BCUT2D eigenvalue weighted by atomic mass is 79.9. The summed E-state index contributed by atoms with van der Waals surface area (Å²) >= 11 is 3.39. The van der Waals surface area contributed by atoms with Gasteiger partial charge in [0.15, 0.2) is 5.76 Å². The van der Waals surface area contributed by atoms with Crippen molar-refractivity contribution in [2.45, 2.75) is 6.92 Å². The summed E-state index contributed by atoms with van der Waals surface area (Å²) in [7, 11) is 2.98. The third kappa shape index (κ3) is 2.08. The number of carbonyl (C=O) groups excluding carboxylic acids is 1. The van der Waals surface area contributed by atoms with Gasteiger partial charge in [0.25, 0.3) is 0 Å². The van der Waals surface area contributed by atoms with E-state index in [0.717, 1.165) is 20.5 Å². The molecule has 0 aliphatic rings. The van der Waals surface area contributed by atoms with Gasteiger partial charge in [0.05, 0.1) is 7.11 Å². The standard InChI is InChI=1S/C12H12BrNO3/c1-7-9-6-8(13)4-5-10(9)17-11(7)12(15)14(2)16-3/h4-6H,1-3H3. The van der Waals surface area contributed by atoms with E-state index in [2.05, 4.69) is 15.9 Å². The van der Waals surface area contributed by atoms with Crippen LogP contribution in [0, 0.1) is 6.92 Å². The Kier molecular flexibility index (Phi) is 3.22. The van der Waals surface area contributed by atoms with Crippen molar-refractivity contribution in [2.24, 2.45) is 0 Å². The second-order valence-corrected chi connectivity index (χ2v) is 4.60. The third-order valence-corrected chi connectivity index (χ3v) is 3.15. The molecule has 1 aromatic heterocycles. The third-order valence-electron chi connectivity index (χ3n) is 2.65. The fourth-order valence-electron chi connectivity index (χ4n) is 1.62. The molecule has 2 aromatic rings. The molecule has 1 aromatic carbocycles. The van der Waals surface area contributed by atoms with Crippen LogP contribution in [0.15, 0.2) is 27.1 Å². The zero-order chi connectivity index (χ0) is 12.6. The Labute approximate surface area is 107 Å². The molecule has 0 spiro atoms. The van der Waals surface area contributed by atoms with Gasteiger partial charge in [0.2, 0.25) is 0 Å². The van der Waals surface area contributed by atoms with Crippen LogP contribution in [0.3, 0.4) is 0 Å². The Balaban J connectivity index is 2.56. The van der Waals surface area contributed by atoms with Crippen LogP contribution in [-0.2, 0) is 4.84 Å². The number of hydrogen-bond donors (Lipinski definition) is 0. The van der Waals surface area contributed by atoms with Gasteiger partial charge in [0, 0.05) is 22.5 Å². The Bertz CT molecular complexity index is 576. The Morgan fingerprint density at radius 2 is 2.18 bits per heavy atom. The largest absolute Gasteiger partial charge is 0.451 e. The maximum atomic E-state index is 11.9. The number of nitrogens with zero attached hydrogens (tertiary/aromatic N) is 1. The average molecular weight is 298 g/mol. The maximum Gasteiger partial charge on any atom is 0.313 e. The van der Waals surface area contributed by atoms with Gasteiger partial charge < -0.3 is 4.42 Å². The van der Waals surface area contributed by atoms with Crippen LogP contribution in [0.2, 0.25) is 0 Å². The second-order valence-electron chi connectivity index (χ2n) is 3.68. The highest BCUT2D eigenvalue weighted by Gasteiger charge is 2.21. The summed E-state index contributed by atoms with van der Waals surface area (Å²) in [6.07, 6.45) is 0. The van der Waals surface area contributed by atoms with Crippen molar-refractivity contribution >= 4 is 32.8 Å². The predicted octanol–water partition coefficient (Wildman–Crippen LogP) is 3.14. The first kappa shape index (κ1) is 12.1. The summed E-state index contributed by atoms with van der Waals surface area (Å²) < 4.78 is 6.50. The molecule has 90 valence electrons. The highest BCUT2D eigenvalue weighted by Crippen LogP contribution is 2.28. The molecule has 0 N–H and O–H groups in total. The lowest BCUT2D eigenvalue weighted by molar-refractivity contribution is -0.0773. The summed E-state index contributed by atoms with van der Waals surface area (Å²) in [4.78, 5) is 16.8.